The summed E-state index contributed by atoms with van der Waals surface area (Å²) < 4.78 is 49.8. The molecule has 0 bridgehead atoms. The van der Waals surface area contributed by atoms with Gasteiger partial charge in [-0.25, -0.2) is 0 Å². The Hall–Kier alpha value is -3.23. The maximum absolute atomic E-state index is 13.1. The van der Waals surface area contributed by atoms with Crippen LogP contribution in [0.25, 0.3) is 0 Å². The zero-order chi connectivity index (χ0) is 23.0. The highest BCUT2D eigenvalue weighted by molar-refractivity contribution is 6.00. The lowest BCUT2D eigenvalue weighted by molar-refractivity contribution is -0.137. The van der Waals surface area contributed by atoms with Crippen LogP contribution in [0.3, 0.4) is 0 Å². The Balaban J connectivity index is 1.49. The first kappa shape index (κ1) is 22.0. The molecule has 0 aromatic heterocycles. The van der Waals surface area contributed by atoms with E-state index in [2.05, 4.69) is 0 Å². The monoisotopic (exact) mass is 448 g/mol. The Morgan fingerprint density at radius 3 is 2.41 bits per heavy atom. The summed E-state index contributed by atoms with van der Waals surface area (Å²) in [5.41, 5.74) is 1.34. The van der Waals surface area contributed by atoms with Crippen molar-refractivity contribution >= 4 is 17.5 Å². The molecule has 6 nitrogen and oxygen atoms in total. The van der Waals surface area contributed by atoms with E-state index < -0.39 is 17.7 Å². The van der Waals surface area contributed by atoms with E-state index in [9.17, 15) is 22.8 Å². The third kappa shape index (κ3) is 4.11. The molecule has 2 aromatic rings. The standard InChI is InChI=1S/C23H23F3N2O4/c1-31-19-8-14-6-7-27(12-15(14)9-20(19)32-2)22(30)16-10-21(29)28(13-16)18-5-3-4-17(11-18)23(24,25)26/h3-5,8-9,11,16H,6-7,10,12-13H2,1-2H3. The van der Waals surface area contributed by atoms with Gasteiger partial charge in [-0.15, -0.1) is 0 Å². The fourth-order valence-electron chi connectivity index (χ4n) is 4.30. The van der Waals surface area contributed by atoms with Crippen LogP contribution in [0.5, 0.6) is 11.5 Å². The molecule has 1 unspecified atom stereocenters. The summed E-state index contributed by atoms with van der Waals surface area (Å²) in [6.45, 7) is 0.937. The summed E-state index contributed by atoms with van der Waals surface area (Å²) in [5.74, 6) is 0.0787. The van der Waals surface area contributed by atoms with E-state index in [4.69, 9.17) is 9.47 Å². The molecular weight excluding hydrogens is 425 g/mol. The highest BCUT2D eigenvalue weighted by atomic mass is 19.4. The number of alkyl halides is 3. The number of methoxy groups -OCH3 is 2. The first-order valence-electron chi connectivity index (χ1n) is 10.2. The topological polar surface area (TPSA) is 59.1 Å². The highest BCUT2D eigenvalue weighted by Gasteiger charge is 2.39. The summed E-state index contributed by atoms with van der Waals surface area (Å²) in [4.78, 5) is 28.6. The highest BCUT2D eigenvalue weighted by Crippen LogP contribution is 2.36. The second-order valence-electron chi connectivity index (χ2n) is 7.94. The number of amides is 2. The Morgan fingerprint density at radius 1 is 1.06 bits per heavy atom. The molecule has 0 N–H and O–H groups in total. The molecular formula is C23H23F3N2O4. The zero-order valence-corrected chi connectivity index (χ0v) is 17.7. The van der Waals surface area contributed by atoms with Gasteiger partial charge in [0, 0.05) is 31.7 Å². The van der Waals surface area contributed by atoms with Gasteiger partial charge in [-0.05, 0) is 47.9 Å². The number of hydrogen-bond donors (Lipinski definition) is 0. The van der Waals surface area contributed by atoms with E-state index in [-0.39, 0.29) is 30.5 Å². The SMILES string of the molecule is COc1cc2c(cc1OC)CN(C(=O)C1CC(=O)N(c3cccc(C(F)(F)F)c3)C1)CC2. The quantitative estimate of drug-likeness (QED) is 0.717. The predicted molar refractivity (Wildman–Crippen MR) is 111 cm³/mol. The van der Waals surface area contributed by atoms with Crippen LogP contribution in [-0.4, -0.2) is 44.0 Å². The second kappa shape index (κ2) is 8.37. The molecule has 0 saturated carbocycles. The van der Waals surface area contributed by atoms with Crippen LogP contribution in [0.15, 0.2) is 36.4 Å². The molecule has 170 valence electrons. The molecule has 9 heteroatoms. The lowest BCUT2D eigenvalue weighted by Crippen LogP contribution is -2.40. The largest absolute Gasteiger partial charge is 0.493 e. The van der Waals surface area contributed by atoms with Crippen molar-refractivity contribution in [2.45, 2.75) is 25.6 Å². The summed E-state index contributed by atoms with van der Waals surface area (Å²) in [6.07, 6.45) is -3.89. The minimum Gasteiger partial charge on any atom is -0.493 e. The van der Waals surface area contributed by atoms with E-state index in [1.165, 1.54) is 17.0 Å². The Labute approximate surface area is 183 Å². The first-order valence-corrected chi connectivity index (χ1v) is 10.2. The number of carbonyl (C=O) groups is 2. The summed E-state index contributed by atoms with van der Waals surface area (Å²) in [7, 11) is 3.11. The van der Waals surface area contributed by atoms with Gasteiger partial charge in [-0.3, -0.25) is 9.59 Å². The Bertz CT molecular complexity index is 1050. The van der Waals surface area contributed by atoms with Crippen LogP contribution >= 0.6 is 0 Å². The number of anilines is 1. The van der Waals surface area contributed by atoms with Crippen LogP contribution in [0.2, 0.25) is 0 Å². The van der Waals surface area contributed by atoms with Crippen molar-refractivity contribution < 1.29 is 32.2 Å². The maximum Gasteiger partial charge on any atom is 0.416 e. The number of hydrogen-bond acceptors (Lipinski definition) is 4. The second-order valence-corrected chi connectivity index (χ2v) is 7.94. The maximum atomic E-state index is 13.1. The smallest absolute Gasteiger partial charge is 0.416 e. The van der Waals surface area contributed by atoms with Crippen molar-refractivity contribution in [2.24, 2.45) is 5.92 Å². The number of halogens is 3. The first-order chi connectivity index (χ1) is 15.2. The van der Waals surface area contributed by atoms with Crippen molar-refractivity contribution in [3.05, 3.63) is 53.1 Å². The fraction of sp³-hybridized carbons (Fsp3) is 0.391. The van der Waals surface area contributed by atoms with Gasteiger partial charge >= 0.3 is 6.18 Å². The van der Waals surface area contributed by atoms with E-state index in [0.29, 0.717) is 31.0 Å². The molecule has 4 rings (SSSR count). The predicted octanol–water partition coefficient (Wildman–Crippen LogP) is 3.66. The number of nitrogens with zero attached hydrogens (tertiary/aromatic N) is 2. The van der Waals surface area contributed by atoms with Crippen LogP contribution in [0, 0.1) is 5.92 Å². The molecule has 2 aromatic carbocycles. The molecule has 0 aliphatic carbocycles. The van der Waals surface area contributed by atoms with E-state index in [1.54, 1.807) is 19.1 Å². The number of fused-ring (bicyclic) bond motifs is 1. The third-order valence-electron chi connectivity index (χ3n) is 5.99. The molecule has 0 radical (unpaired) electrons. The molecule has 2 heterocycles. The number of ether oxygens (including phenoxy) is 2. The fourth-order valence-corrected chi connectivity index (χ4v) is 4.30. The van der Waals surface area contributed by atoms with Gasteiger partial charge in [-0.2, -0.15) is 13.2 Å². The van der Waals surface area contributed by atoms with Gasteiger partial charge in [-0.1, -0.05) is 6.07 Å². The Kier molecular flexibility index (Phi) is 5.75. The molecule has 1 fully saturated rings. The van der Waals surface area contributed by atoms with Crippen molar-refractivity contribution in [3.8, 4) is 11.5 Å². The molecule has 2 aliphatic rings. The summed E-state index contributed by atoms with van der Waals surface area (Å²) >= 11 is 0. The summed E-state index contributed by atoms with van der Waals surface area (Å²) in [5, 5.41) is 0. The van der Waals surface area contributed by atoms with E-state index >= 15 is 0 Å². The lowest BCUT2D eigenvalue weighted by atomic mass is 9.97. The molecule has 32 heavy (non-hydrogen) atoms. The van der Waals surface area contributed by atoms with E-state index in [1.807, 2.05) is 12.1 Å². The molecule has 0 spiro atoms. The van der Waals surface area contributed by atoms with Crippen LogP contribution in [0.4, 0.5) is 18.9 Å². The van der Waals surface area contributed by atoms with Gasteiger partial charge in [0.05, 0.1) is 25.7 Å². The number of rotatable bonds is 4. The third-order valence-corrected chi connectivity index (χ3v) is 5.99. The van der Waals surface area contributed by atoms with Gasteiger partial charge in [0.1, 0.15) is 0 Å². The van der Waals surface area contributed by atoms with Gasteiger partial charge in [0.15, 0.2) is 11.5 Å². The minimum atomic E-state index is -4.50. The van der Waals surface area contributed by atoms with Gasteiger partial charge < -0.3 is 19.3 Å². The molecule has 2 aliphatic heterocycles. The van der Waals surface area contributed by atoms with Gasteiger partial charge in [0.2, 0.25) is 11.8 Å². The molecule has 2 amide bonds. The number of carbonyl (C=O) groups excluding carboxylic acids is 2. The van der Waals surface area contributed by atoms with Crippen molar-refractivity contribution in [1.82, 2.24) is 4.90 Å². The zero-order valence-electron chi connectivity index (χ0n) is 17.7. The average molecular weight is 448 g/mol. The van der Waals surface area contributed by atoms with Gasteiger partial charge in [0.25, 0.3) is 0 Å². The normalized spacial score (nSPS) is 18.5. The van der Waals surface area contributed by atoms with Crippen molar-refractivity contribution in [2.75, 3.05) is 32.2 Å². The Morgan fingerprint density at radius 2 is 1.75 bits per heavy atom. The molecule has 1 saturated heterocycles. The average Bonchev–Trinajstić information content (AvgIpc) is 3.18. The number of benzene rings is 2. The minimum absolute atomic E-state index is 0.0234. The van der Waals surface area contributed by atoms with Crippen LogP contribution < -0.4 is 14.4 Å². The van der Waals surface area contributed by atoms with Crippen molar-refractivity contribution in [1.29, 1.82) is 0 Å². The summed E-state index contributed by atoms with van der Waals surface area (Å²) in [6, 6.07) is 8.39. The molecule has 1 atom stereocenters. The van der Waals surface area contributed by atoms with Crippen molar-refractivity contribution in [3.63, 3.8) is 0 Å². The van der Waals surface area contributed by atoms with Crippen LogP contribution in [-0.2, 0) is 28.7 Å². The lowest BCUT2D eigenvalue weighted by Gasteiger charge is -2.31. The van der Waals surface area contributed by atoms with Crippen LogP contribution in [0.1, 0.15) is 23.1 Å². The van der Waals surface area contributed by atoms with E-state index in [0.717, 1.165) is 23.3 Å².